The van der Waals surface area contributed by atoms with E-state index >= 15 is 0 Å². The molecular weight excluding hydrogens is 366 g/mol. The average Bonchev–Trinajstić information content (AvgIpc) is 2.76. The lowest BCUT2D eigenvalue weighted by Crippen LogP contribution is -2.32. The third-order valence-electron chi connectivity index (χ3n) is 4.71. The van der Waals surface area contributed by atoms with Crippen LogP contribution in [0.1, 0.15) is 28.4 Å². The lowest BCUT2D eigenvalue weighted by molar-refractivity contribution is -0.142. The van der Waals surface area contributed by atoms with E-state index in [0.29, 0.717) is 5.56 Å². The topological polar surface area (TPSA) is 72.5 Å². The van der Waals surface area contributed by atoms with Gasteiger partial charge in [0.1, 0.15) is 6.54 Å². The summed E-state index contributed by atoms with van der Waals surface area (Å²) in [4.78, 5) is 36.1. The third-order valence-corrected chi connectivity index (χ3v) is 4.71. The number of hydrogen-bond donors (Lipinski definition) is 1. The summed E-state index contributed by atoms with van der Waals surface area (Å²) in [6, 6.07) is 20.8. The van der Waals surface area contributed by atoms with Crippen LogP contribution in [0, 0.1) is 0 Å². The summed E-state index contributed by atoms with van der Waals surface area (Å²) in [6.07, 6.45) is 1.05. The Morgan fingerprint density at radius 1 is 0.897 bits per heavy atom. The maximum absolute atomic E-state index is 12.2. The Hall–Kier alpha value is -3.47. The van der Waals surface area contributed by atoms with E-state index in [1.165, 1.54) is 0 Å². The van der Waals surface area contributed by atoms with Crippen LogP contribution in [-0.2, 0) is 27.2 Å². The third kappa shape index (κ3) is 5.51. The summed E-state index contributed by atoms with van der Waals surface area (Å²) in [5, 5.41) is 4.61. The van der Waals surface area contributed by atoms with Gasteiger partial charge in [0.15, 0.2) is 12.4 Å². The number of carbonyl (C=O) groups is 3. The van der Waals surface area contributed by atoms with Gasteiger partial charge in [0.2, 0.25) is 5.91 Å². The van der Waals surface area contributed by atoms with Crippen LogP contribution in [0.25, 0.3) is 10.8 Å². The predicted octanol–water partition coefficient (Wildman–Crippen LogP) is 3.49. The molecule has 0 atom stereocenters. The first-order chi connectivity index (χ1) is 14.1. The molecule has 29 heavy (non-hydrogen) atoms. The number of fused-ring (bicyclic) bond motifs is 1. The number of hydrogen-bond acceptors (Lipinski definition) is 4. The van der Waals surface area contributed by atoms with Crippen LogP contribution < -0.4 is 5.32 Å². The average molecular weight is 389 g/mol. The number of nitrogens with one attached hydrogen (secondary N) is 1. The Bertz CT molecular complexity index is 1020. The zero-order chi connectivity index (χ0) is 20.6. The molecule has 0 aliphatic rings. The van der Waals surface area contributed by atoms with Crippen LogP contribution in [0.4, 0.5) is 0 Å². The standard InChI is InChI=1S/C24H23NO4/c1-2-17-10-12-19(13-11-17)22(26)16-29-24(28)15-25-23(27)14-20-8-5-7-18-6-3-4-9-21(18)20/h3-13H,2,14-16H2,1H3,(H,25,27). The maximum atomic E-state index is 12.2. The second-order valence-electron chi connectivity index (χ2n) is 6.73. The number of ether oxygens (including phenoxy) is 1. The van der Waals surface area contributed by atoms with E-state index in [1.807, 2.05) is 61.5 Å². The Morgan fingerprint density at radius 2 is 1.62 bits per heavy atom. The van der Waals surface area contributed by atoms with Crippen LogP contribution in [0.2, 0.25) is 0 Å². The molecule has 0 bridgehead atoms. The minimum Gasteiger partial charge on any atom is -0.456 e. The molecule has 3 aromatic rings. The molecule has 5 nitrogen and oxygen atoms in total. The number of aryl methyl sites for hydroxylation is 1. The first-order valence-electron chi connectivity index (χ1n) is 9.58. The molecule has 3 aromatic carbocycles. The van der Waals surface area contributed by atoms with E-state index < -0.39 is 5.97 Å². The van der Waals surface area contributed by atoms with Crippen molar-refractivity contribution in [3.05, 3.63) is 83.4 Å². The minimum atomic E-state index is -0.644. The van der Waals surface area contributed by atoms with Gasteiger partial charge in [-0.1, -0.05) is 73.7 Å². The van der Waals surface area contributed by atoms with Crippen molar-refractivity contribution >= 4 is 28.4 Å². The molecule has 1 amide bonds. The molecule has 0 unspecified atom stereocenters. The van der Waals surface area contributed by atoms with Gasteiger partial charge in [0, 0.05) is 5.56 Å². The summed E-state index contributed by atoms with van der Waals surface area (Å²) in [7, 11) is 0. The fraction of sp³-hybridized carbons (Fsp3) is 0.208. The first kappa shape index (κ1) is 20.3. The van der Waals surface area contributed by atoms with Crippen molar-refractivity contribution in [3.8, 4) is 0 Å². The van der Waals surface area contributed by atoms with E-state index in [-0.39, 0.29) is 31.3 Å². The molecule has 3 rings (SSSR count). The van der Waals surface area contributed by atoms with Crippen molar-refractivity contribution in [2.45, 2.75) is 19.8 Å². The molecular formula is C24H23NO4. The second-order valence-corrected chi connectivity index (χ2v) is 6.73. The molecule has 0 aromatic heterocycles. The lowest BCUT2D eigenvalue weighted by atomic mass is 10.0. The number of ketones is 1. The number of rotatable bonds is 8. The van der Waals surface area contributed by atoms with Crippen molar-refractivity contribution in [2.24, 2.45) is 0 Å². The molecule has 1 N–H and O–H groups in total. The number of esters is 1. The predicted molar refractivity (Wildman–Crippen MR) is 112 cm³/mol. The Balaban J connectivity index is 1.46. The van der Waals surface area contributed by atoms with Crippen molar-refractivity contribution < 1.29 is 19.1 Å². The monoisotopic (exact) mass is 389 g/mol. The fourth-order valence-corrected chi connectivity index (χ4v) is 3.06. The Labute approximate surface area is 169 Å². The van der Waals surface area contributed by atoms with Gasteiger partial charge < -0.3 is 10.1 Å². The van der Waals surface area contributed by atoms with Crippen LogP contribution in [-0.4, -0.2) is 30.8 Å². The van der Waals surface area contributed by atoms with Gasteiger partial charge >= 0.3 is 5.97 Å². The summed E-state index contributed by atoms with van der Waals surface area (Å²) < 4.78 is 4.98. The van der Waals surface area contributed by atoms with Crippen LogP contribution in [0.3, 0.4) is 0 Å². The minimum absolute atomic E-state index is 0.164. The highest BCUT2D eigenvalue weighted by atomic mass is 16.5. The lowest BCUT2D eigenvalue weighted by Gasteiger charge is -2.08. The molecule has 0 radical (unpaired) electrons. The number of Topliss-reactive ketones (excluding diaryl/α,β-unsaturated/α-hetero) is 1. The second kappa shape index (κ2) is 9.64. The van der Waals surface area contributed by atoms with Gasteiger partial charge in [-0.25, -0.2) is 0 Å². The smallest absolute Gasteiger partial charge is 0.325 e. The summed E-state index contributed by atoms with van der Waals surface area (Å²) >= 11 is 0. The molecule has 0 aliphatic heterocycles. The highest BCUT2D eigenvalue weighted by molar-refractivity contribution is 5.98. The summed E-state index contributed by atoms with van der Waals surface area (Å²) in [5.41, 5.74) is 2.52. The van der Waals surface area contributed by atoms with Gasteiger partial charge in [0.25, 0.3) is 0 Å². The van der Waals surface area contributed by atoms with Crippen molar-refractivity contribution in [2.75, 3.05) is 13.2 Å². The molecule has 0 fully saturated rings. The summed E-state index contributed by atoms with van der Waals surface area (Å²) in [5.74, 6) is -1.20. The SMILES string of the molecule is CCc1ccc(C(=O)COC(=O)CNC(=O)Cc2cccc3ccccc23)cc1. The van der Waals surface area contributed by atoms with Crippen molar-refractivity contribution in [3.63, 3.8) is 0 Å². The Morgan fingerprint density at radius 3 is 2.38 bits per heavy atom. The van der Waals surface area contributed by atoms with Gasteiger partial charge in [0.05, 0.1) is 6.42 Å². The van der Waals surface area contributed by atoms with E-state index in [0.717, 1.165) is 28.3 Å². The van der Waals surface area contributed by atoms with E-state index in [2.05, 4.69) is 5.32 Å². The first-order valence-corrected chi connectivity index (χ1v) is 9.58. The zero-order valence-electron chi connectivity index (χ0n) is 16.3. The van der Waals surface area contributed by atoms with Gasteiger partial charge in [-0.05, 0) is 28.3 Å². The van der Waals surface area contributed by atoms with Gasteiger partial charge in [-0.3, -0.25) is 14.4 Å². The summed E-state index contributed by atoms with van der Waals surface area (Å²) in [6.45, 7) is 1.42. The Kier molecular flexibility index (Phi) is 6.74. The zero-order valence-corrected chi connectivity index (χ0v) is 16.3. The molecule has 5 heteroatoms. The molecule has 0 heterocycles. The molecule has 0 spiro atoms. The molecule has 0 aliphatic carbocycles. The van der Waals surface area contributed by atoms with Crippen LogP contribution >= 0.6 is 0 Å². The van der Waals surface area contributed by atoms with E-state index in [1.54, 1.807) is 12.1 Å². The van der Waals surface area contributed by atoms with Crippen molar-refractivity contribution in [1.29, 1.82) is 0 Å². The highest BCUT2D eigenvalue weighted by Gasteiger charge is 2.12. The van der Waals surface area contributed by atoms with Crippen LogP contribution in [0.5, 0.6) is 0 Å². The van der Waals surface area contributed by atoms with E-state index in [4.69, 9.17) is 4.74 Å². The van der Waals surface area contributed by atoms with Crippen molar-refractivity contribution in [1.82, 2.24) is 5.32 Å². The normalized spacial score (nSPS) is 10.5. The van der Waals surface area contributed by atoms with Gasteiger partial charge in [-0.15, -0.1) is 0 Å². The van der Waals surface area contributed by atoms with Crippen LogP contribution in [0.15, 0.2) is 66.7 Å². The largest absolute Gasteiger partial charge is 0.456 e. The molecule has 0 saturated heterocycles. The molecule has 148 valence electrons. The fourth-order valence-electron chi connectivity index (χ4n) is 3.06. The van der Waals surface area contributed by atoms with Gasteiger partial charge in [-0.2, -0.15) is 0 Å². The quantitative estimate of drug-likeness (QED) is 0.473. The number of carbonyl (C=O) groups excluding carboxylic acids is 3. The molecule has 0 saturated carbocycles. The maximum Gasteiger partial charge on any atom is 0.325 e. The highest BCUT2D eigenvalue weighted by Crippen LogP contribution is 2.18. The number of benzene rings is 3. The van der Waals surface area contributed by atoms with E-state index in [9.17, 15) is 14.4 Å². The number of amides is 1.